The third kappa shape index (κ3) is 1.89. The van der Waals surface area contributed by atoms with Gasteiger partial charge in [-0.2, -0.15) is 0 Å². The van der Waals surface area contributed by atoms with Crippen LogP contribution in [0, 0.1) is 0 Å². The molecule has 0 spiro atoms. The number of hydrogen-bond acceptors (Lipinski definition) is 3. The monoisotopic (exact) mass is 215 g/mol. The summed E-state index contributed by atoms with van der Waals surface area (Å²) < 4.78 is 0. The van der Waals surface area contributed by atoms with Crippen molar-refractivity contribution in [1.82, 2.24) is 9.97 Å². The van der Waals surface area contributed by atoms with Crippen LogP contribution in [-0.4, -0.2) is 9.97 Å². The Balaban J connectivity index is 3.06. The number of rotatable bonds is 2. The van der Waals surface area contributed by atoms with Crippen molar-refractivity contribution in [2.24, 2.45) is 0 Å². The highest BCUT2D eigenvalue weighted by Gasteiger charge is 2.01. The quantitative estimate of drug-likeness (QED) is 0.762. The Morgan fingerprint density at radius 1 is 1.64 bits per heavy atom. The van der Waals surface area contributed by atoms with E-state index in [0.717, 1.165) is 23.0 Å². The van der Waals surface area contributed by atoms with Crippen LogP contribution < -0.4 is 5.73 Å². The van der Waals surface area contributed by atoms with Gasteiger partial charge in [0.25, 0.3) is 0 Å². The highest BCUT2D eigenvalue weighted by Crippen LogP contribution is 2.10. The van der Waals surface area contributed by atoms with Crippen LogP contribution in [0.1, 0.15) is 18.2 Å². The van der Waals surface area contributed by atoms with E-state index in [0.29, 0.717) is 5.95 Å². The second-order valence-corrected chi connectivity index (χ2v) is 2.75. The topological polar surface area (TPSA) is 51.8 Å². The number of nitrogens with two attached hydrogens (primary N) is 1. The van der Waals surface area contributed by atoms with E-state index in [2.05, 4.69) is 25.9 Å². The largest absolute Gasteiger partial charge is 0.368 e. The number of aryl methyl sites for hydroxylation is 1. The summed E-state index contributed by atoms with van der Waals surface area (Å²) in [6.45, 7) is 2.05. The molecule has 0 amide bonds. The summed E-state index contributed by atoms with van der Waals surface area (Å²) in [6, 6.07) is 0. The van der Waals surface area contributed by atoms with Gasteiger partial charge in [-0.05, 0) is 6.42 Å². The average Bonchev–Trinajstić information content (AvgIpc) is 2.04. The Morgan fingerprint density at radius 3 is 2.91 bits per heavy atom. The van der Waals surface area contributed by atoms with Crippen molar-refractivity contribution >= 4 is 21.9 Å². The lowest BCUT2D eigenvalue weighted by Crippen LogP contribution is -2.01. The van der Waals surface area contributed by atoms with E-state index in [1.807, 2.05) is 6.92 Å². The first-order valence-electron chi connectivity index (χ1n) is 3.44. The Hall–Kier alpha value is -0.640. The predicted octanol–water partition coefficient (Wildman–Crippen LogP) is 1.52. The van der Waals surface area contributed by atoms with E-state index < -0.39 is 0 Å². The first kappa shape index (κ1) is 8.46. The summed E-state index contributed by atoms with van der Waals surface area (Å²) in [5.41, 5.74) is 7.56. The second-order valence-electron chi connectivity index (χ2n) is 2.19. The van der Waals surface area contributed by atoms with Crippen molar-refractivity contribution in [3.05, 3.63) is 17.5 Å². The van der Waals surface area contributed by atoms with E-state index in [-0.39, 0.29) is 0 Å². The molecule has 2 N–H and O–H groups in total. The Kier molecular flexibility index (Phi) is 2.82. The molecule has 0 saturated heterocycles. The van der Waals surface area contributed by atoms with Crippen LogP contribution in [0.4, 0.5) is 5.95 Å². The molecule has 1 heterocycles. The number of halogens is 1. The molecule has 0 aliphatic carbocycles. The lowest BCUT2D eigenvalue weighted by atomic mass is 10.2. The van der Waals surface area contributed by atoms with Gasteiger partial charge < -0.3 is 5.73 Å². The number of anilines is 1. The highest BCUT2D eigenvalue weighted by molar-refractivity contribution is 9.08. The zero-order chi connectivity index (χ0) is 8.27. The van der Waals surface area contributed by atoms with Gasteiger partial charge in [-0.25, -0.2) is 9.97 Å². The molecule has 0 aromatic carbocycles. The first-order valence-corrected chi connectivity index (χ1v) is 4.56. The number of aromatic nitrogens is 2. The molecule has 0 aliphatic rings. The molecule has 0 atom stereocenters. The molecule has 1 aromatic heterocycles. The summed E-state index contributed by atoms with van der Waals surface area (Å²) >= 11 is 3.35. The third-order valence-electron chi connectivity index (χ3n) is 1.45. The molecule has 0 fully saturated rings. The molecular formula is C7H10BrN3. The third-order valence-corrected chi connectivity index (χ3v) is 2.06. The number of nitrogen functional groups attached to an aromatic ring is 1. The van der Waals surface area contributed by atoms with Gasteiger partial charge in [0.1, 0.15) is 0 Å². The van der Waals surface area contributed by atoms with Gasteiger partial charge in [-0.15, -0.1) is 0 Å². The van der Waals surface area contributed by atoms with Gasteiger partial charge >= 0.3 is 0 Å². The van der Waals surface area contributed by atoms with Gasteiger partial charge in [0.15, 0.2) is 0 Å². The van der Waals surface area contributed by atoms with Crippen LogP contribution >= 0.6 is 15.9 Å². The van der Waals surface area contributed by atoms with Crippen molar-refractivity contribution in [3.8, 4) is 0 Å². The normalized spacial score (nSPS) is 10.0. The molecule has 0 bridgehead atoms. The summed E-state index contributed by atoms with van der Waals surface area (Å²) in [7, 11) is 0. The molecular weight excluding hydrogens is 206 g/mol. The van der Waals surface area contributed by atoms with E-state index in [4.69, 9.17) is 5.73 Å². The van der Waals surface area contributed by atoms with Crippen LogP contribution in [0.3, 0.4) is 0 Å². The summed E-state index contributed by atoms with van der Waals surface area (Å²) in [5, 5.41) is 0.788. The molecule has 0 saturated carbocycles. The molecule has 1 rings (SSSR count). The van der Waals surface area contributed by atoms with Crippen LogP contribution in [0.5, 0.6) is 0 Å². The van der Waals surface area contributed by atoms with Crippen molar-refractivity contribution in [2.75, 3.05) is 5.73 Å². The average molecular weight is 216 g/mol. The number of nitrogens with zero attached hydrogens (tertiary/aromatic N) is 2. The number of hydrogen-bond donors (Lipinski definition) is 1. The van der Waals surface area contributed by atoms with Crippen LogP contribution in [-0.2, 0) is 11.8 Å². The molecule has 0 unspecified atom stereocenters. The van der Waals surface area contributed by atoms with Gasteiger partial charge in [0.05, 0.1) is 0 Å². The lowest BCUT2D eigenvalue weighted by molar-refractivity contribution is 0.976. The fourth-order valence-electron chi connectivity index (χ4n) is 0.875. The number of alkyl halides is 1. The van der Waals surface area contributed by atoms with Crippen molar-refractivity contribution in [3.63, 3.8) is 0 Å². The van der Waals surface area contributed by atoms with Gasteiger partial charge in [0.2, 0.25) is 5.95 Å². The van der Waals surface area contributed by atoms with Crippen molar-refractivity contribution in [2.45, 2.75) is 18.7 Å². The smallest absolute Gasteiger partial charge is 0.220 e. The van der Waals surface area contributed by atoms with Crippen LogP contribution in [0.25, 0.3) is 0 Å². The molecule has 0 radical (unpaired) electrons. The van der Waals surface area contributed by atoms with Gasteiger partial charge in [0, 0.05) is 22.8 Å². The highest BCUT2D eigenvalue weighted by atomic mass is 79.9. The maximum Gasteiger partial charge on any atom is 0.220 e. The Bertz CT molecular complexity index is 249. The minimum Gasteiger partial charge on any atom is -0.368 e. The standard InChI is InChI=1S/C7H10BrN3/c1-2-6-5(3-8)4-10-7(9)11-6/h4H,2-3H2,1H3,(H2,9,10,11). The minimum absolute atomic E-state index is 0.353. The molecule has 11 heavy (non-hydrogen) atoms. The Morgan fingerprint density at radius 2 is 2.36 bits per heavy atom. The minimum atomic E-state index is 0.353. The van der Waals surface area contributed by atoms with Crippen LogP contribution in [0.15, 0.2) is 6.20 Å². The summed E-state index contributed by atoms with van der Waals surface area (Å²) in [4.78, 5) is 7.99. The molecule has 1 aromatic rings. The summed E-state index contributed by atoms with van der Waals surface area (Å²) in [6.07, 6.45) is 2.66. The second kappa shape index (κ2) is 3.67. The van der Waals surface area contributed by atoms with Crippen molar-refractivity contribution < 1.29 is 0 Å². The molecule has 3 nitrogen and oxygen atoms in total. The van der Waals surface area contributed by atoms with Crippen molar-refractivity contribution in [1.29, 1.82) is 0 Å². The maximum absolute atomic E-state index is 5.42. The first-order chi connectivity index (χ1) is 5.27. The zero-order valence-corrected chi connectivity index (χ0v) is 7.93. The summed E-state index contributed by atoms with van der Waals surface area (Å²) in [5.74, 6) is 0.353. The fourth-order valence-corrected chi connectivity index (χ4v) is 1.34. The van der Waals surface area contributed by atoms with Crippen LogP contribution in [0.2, 0.25) is 0 Å². The van der Waals surface area contributed by atoms with Gasteiger partial charge in [-0.3, -0.25) is 0 Å². The fraction of sp³-hybridized carbons (Fsp3) is 0.429. The Labute approximate surface area is 74.2 Å². The zero-order valence-electron chi connectivity index (χ0n) is 6.34. The van der Waals surface area contributed by atoms with E-state index in [9.17, 15) is 0 Å². The maximum atomic E-state index is 5.42. The van der Waals surface area contributed by atoms with Gasteiger partial charge in [-0.1, -0.05) is 22.9 Å². The lowest BCUT2D eigenvalue weighted by Gasteiger charge is -2.02. The molecule has 0 aliphatic heterocycles. The molecule has 4 heteroatoms. The van der Waals surface area contributed by atoms with E-state index in [1.165, 1.54) is 0 Å². The molecule has 60 valence electrons. The SMILES string of the molecule is CCc1nc(N)ncc1CBr. The van der Waals surface area contributed by atoms with E-state index >= 15 is 0 Å². The predicted molar refractivity (Wildman–Crippen MR) is 48.5 cm³/mol. The van der Waals surface area contributed by atoms with E-state index in [1.54, 1.807) is 6.20 Å².